The highest BCUT2D eigenvalue weighted by Crippen LogP contribution is 2.30. The van der Waals surface area contributed by atoms with Crippen LogP contribution in [0.2, 0.25) is 0 Å². The van der Waals surface area contributed by atoms with Crippen LogP contribution in [0.3, 0.4) is 0 Å². The number of carbonyl (C=O) groups is 1. The second-order valence-electron chi connectivity index (χ2n) is 5.34. The van der Waals surface area contributed by atoms with E-state index in [0.717, 1.165) is 11.3 Å². The molecule has 1 aromatic carbocycles. The van der Waals surface area contributed by atoms with Gasteiger partial charge in [-0.1, -0.05) is 12.1 Å². The van der Waals surface area contributed by atoms with E-state index in [4.69, 9.17) is 14.2 Å². The fraction of sp³-hybridized carbons (Fsp3) is 0.562. The van der Waals surface area contributed by atoms with E-state index < -0.39 is 11.7 Å². The van der Waals surface area contributed by atoms with Crippen LogP contribution in [0.5, 0.6) is 5.75 Å². The highest BCUT2D eigenvalue weighted by Gasteiger charge is 2.43. The van der Waals surface area contributed by atoms with Crippen LogP contribution in [-0.2, 0) is 20.8 Å². The van der Waals surface area contributed by atoms with Gasteiger partial charge in [0.05, 0.1) is 26.2 Å². The summed E-state index contributed by atoms with van der Waals surface area (Å²) in [6.07, 6.45) is 0.297. The number of methoxy groups -OCH3 is 1. The van der Waals surface area contributed by atoms with Crippen LogP contribution in [0.25, 0.3) is 0 Å². The number of rotatable bonds is 7. The average Bonchev–Trinajstić information content (AvgIpc) is 2.98. The molecule has 1 heterocycles. The summed E-state index contributed by atoms with van der Waals surface area (Å²) >= 11 is 0. The van der Waals surface area contributed by atoms with Crippen molar-refractivity contribution in [2.75, 3.05) is 26.9 Å². The number of carbonyl (C=O) groups excluding carboxylic acids is 1. The predicted octanol–water partition coefficient (Wildman–Crippen LogP) is 1.07. The summed E-state index contributed by atoms with van der Waals surface area (Å²) in [7, 11) is 1.61. The highest BCUT2D eigenvalue weighted by atomic mass is 16.7. The predicted molar refractivity (Wildman–Crippen MR) is 80.3 cm³/mol. The molecule has 122 valence electrons. The standard InChI is InChI=1S/C16H23NO5/c1-16(21-9-10-22-16)14(7-8-18)15(19)17-11-12-3-5-13(20-2)6-4-12/h3-6,14,18H,7-11H2,1-2H3,(H,17,19). The van der Waals surface area contributed by atoms with Gasteiger partial charge in [0.1, 0.15) is 5.75 Å². The molecule has 2 N–H and O–H groups in total. The lowest BCUT2D eigenvalue weighted by atomic mass is 9.95. The number of hydrogen-bond acceptors (Lipinski definition) is 5. The smallest absolute Gasteiger partial charge is 0.228 e. The van der Waals surface area contributed by atoms with Gasteiger partial charge in [-0.25, -0.2) is 0 Å². The molecule has 0 bridgehead atoms. The Kier molecular flexibility index (Phi) is 5.76. The third-order valence-electron chi connectivity index (χ3n) is 3.85. The second-order valence-corrected chi connectivity index (χ2v) is 5.34. The number of nitrogens with one attached hydrogen (secondary N) is 1. The van der Waals surface area contributed by atoms with E-state index in [9.17, 15) is 9.90 Å². The van der Waals surface area contributed by atoms with Gasteiger partial charge in [0.15, 0.2) is 5.79 Å². The molecule has 1 aliphatic heterocycles. The van der Waals surface area contributed by atoms with Crippen molar-refractivity contribution in [3.05, 3.63) is 29.8 Å². The maximum Gasteiger partial charge on any atom is 0.228 e. The molecule has 0 radical (unpaired) electrons. The molecule has 1 saturated heterocycles. The summed E-state index contributed by atoms with van der Waals surface area (Å²) in [5.41, 5.74) is 0.968. The van der Waals surface area contributed by atoms with Crippen molar-refractivity contribution < 1.29 is 24.1 Å². The fourth-order valence-electron chi connectivity index (χ4n) is 2.55. The van der Waals surface area contributed by atoms with Gasteiger partial charge in [-0.05, 0) is 31.0 Å². The monoisotopic (exact) mass is 309 g/mol. The number of benzene rings is 1. The van der Waals surface area contributed by atoms with Gasteiger partial charge in [0.2, 0.25) is 5.91 Å². The molecule has 1 atom stereocenters. The lowest BCUT2D eigenvalue weighted by Crippen LogP contribution is -2.46. The van der Waals surface area contributed by atoms with E-state index in [0.29, 0.717) is 26.2 Å². The van der Waals surface area contributed by atoms with Crippen LogP contribution in [-0.4, -0.2) is 43.7 Å². The molecule has 0 spiro atoms. The van der Waals surface area contributed by atoms with Crippen LogP contribution in [0.4, 0.5) is 0 Å². The minimum absolute atomic E-state index is 0.0943. The summed E-state index contributed by atoms with van der Waals surface area (Å²) in [6.45, 7) is 2.98. The molecule has 1 unspecified atom stereocenters. The van der Waals surface area contributed by atoms with E-state index in [1.807, 2.05) is 24.3 Å². The Morgan fingerprint density at radius 1 is 1.36 bits per heavy atom. The van der Waals surface area contributed by atoms with Gasteiger partial charge in [-0.3, -0.25) is 4.79 Å². The minimum atomic E-state index is -0.966. The third-order valence-corrected chi connectivity index (χ3v) is 3.85. The summed E-state index contributed by atoms with van der Waals surface area (Å²) < 4.78 is 16.2. The van der Waals surface area contributed by atoms with E-state index in [2.05, 4.69) is 5.32 Å². The molecule has 1 amide bonds. The number of aliphatic hydroxyl groups is 1. The molecular weight excluding hydrogens is 286 g/mol. The lowest BCUT2D eigenvalue weighted by molar-refractivity contribution is -0.189. The first kappa shape index (κ1) is 16.7. The molecule has 22 heavy (non-hydrogen) atoms. The van der Waals surface area contributed by atoms with Crippen LogP contribution in [0.15, 0.2) is 24.3 Å². The van der Waals surface area contributed by atoms with E-state index in [1.54, 1.807) is 14.0 Å². The van der Waals surface area contributed by atoms with Gasteiger partial charge in [0.25, 0.3) is 0 Å². The molecule has 1 fully saturated rings. The normalized spacial score (nSPS) is 18.0. The van der Waals surface area contributed by atoms with Crippen molar-refractivity contribution in [3.8, 4) is 5.75 Å². The largest absolute Gasteiger partial charge is 0.497 e. The summed E-state index contributed by atoms with van der Waals surface area (Å²) in [6, 6.07) is 7.48. The van der Waals surface area contributed by atoms with Gasteiger partial charge >= 0.3 is 0 Å². The van der Waals surface area contributed by atoms with Crippen LogP contribution < -0.4 is 10.1 Å². The van der Waals surface area contributed by atoms with E-state index in [1.165, 1.54) is 0 Å². The number of amides is 1. The van der Waals surface area contributed by atoms with Gasteiger partial charge in [-0.2, -0.15) is 0 Å². The van der Waals surface area contributed by atoms with Gasteiger partial charge < -0.3 is 24.6 Å². The first-order valence-electron chi connectivity index (χ1n) is 7.38. The van der Waals surface area contributed by atoms with Crippen molar-refractivity contribution >= 4 is 5.91 Å². The van der Waals surface area contributed by atoms with Crippen LogP contribution in [0.1, 0.15) is 18.9 Å². The quantitative estimate of drug-likeness (QED) is 0.788. The average molecular weight is 309 g/mol. The first-order chi connectivity index (χ1) is 10.6. The van der Waals surface area contributed by atoms with E-state index in [-0.39, 0.29) is 12.5 Å². The van der Waals surface area contributed by atoms with Crippen molar-refractivity contribution in [2.45, 2.75) is 25.7 Å². The van der Waals surface area contributed by atoms with E-state index >= 15 is 0 Å². The molecule has 0 aliphatic carbocycles. The summed E-state index contributed by atoms with van der Waals surface area (Å²) in [5.74, 6) is -0.923. The Balaban J connectivity index is 1.95. The van der Waals surface area contributed by atoms with Crippen LogP contribution in [0, 0.1) is 5.92 Å². The zero-order chi connectivity index (χ0) is 16.0. The zero-order valence-corrected chi connectivity index (χ0v) is 13.0. The highest BCUT2D eigenvalue weighted by molar-refractivity contribution is 5.79. The first-order valence-corrected chi connectivity index (χ1v) is 7.38. The summed E-state index contributed by atoms with van der Waals surface area (Å²) in [4.78, 5) is 12.4. The van der Waals surface area contributed by atoms with Crippen LogP contribution >= 0.6 is 0 Å². The second kappa shape index (κ2) is 7.58. The van der Waals surface area contributed by atoms with Crippen molar-refractivity contribution in [3.63, 3.8) is 0 Å². The maximum absolute atomic E-state index is 12.4. The number of aliphatic hydroxyl groups excluding tert-OH is 1. The Hall–Kier alpha value is -1.63. The molecule has 6 nitrogen and oxygen atoms in total. The molecule has 6 heteroatoms. The van der Waals surface area contributed by atoms with Crippen molar-refractivity contribution in [1.82, 2.24) is 5.32 Å². The zero-order valence-electron chi connectivity index (χ0n) is 13.0. The van der Waals surface area contributed by atoms with Crippen molar-refractivity contribution in [1.29, 1.82) is 0 Å². The Morgan fingerprint density at radius 3 is 2.55 bits per heavy atom. The van der Waals surface area contributed by atoms with Crippen molar-refractivity contribution in [2.24, 2.45) is 5.92 Å². The molecule has 1 aliphatic rings. The molecule has 0 aromatic heterocycles. The van der Waals surface area contributed by atoms with Gasteiger partial charge in [-0.15, -0.1) is 0 Å². The topological polar surface area (TPSA) is 77.0 Å². The van der Waals surface area contributed by atoms with Gasteiger partial charge in [0, 0.05) is 13.2 Å². The Morgan fingerprint density at radius 2 is 2.00 bits per heavy atom. The Bertz CT molecular complexity index is 482. The number of hydrogen-bond donors (Lipinski definition) is 2. The summed E-state index contributed by atoms with van der Waals surface area (Å²) in [5, 5.41) is 12.1. The maximum atomic E-state index is 12.4. The number of ether oxygens (including phenoxy) is 3. The Labute approximate surface area is 130 Å². The molecule has 0 saturated carbocycles. The molecule has 1 aromatic rings. The minimum Gasteiger partial charge on any atom is -0.497 e. The lowest BCUT2D eigenvalue weighted by Gasteiger charge is -2.30. The third kappa shape index (κ3) is 3.97. The molecular formula is C16H23NO5. The fourth-order valence-corrected chi connectivity index (χ4v) is 2.55. The molecule has 2 rings (SSSR count). The SMILES string of the molecule is COc1ccc(CNC(=O)C(CCO)C2(C)OCCO2)cc1.